The number of benzene rings is 3. The maximum Gasteiger partial charge on any atom is 0.261 e. The number of likely N-dealkylation sites (N-methyl/N-ethyl adjacent to an activating group) is 1. The number of carbonyl (C=O) groups excluding carboxylic acids is 2. The smallest absolute Gasteiger partial charge is 0.261 e. The number of halogens is 1. The van der Waals surface area contributed by atoms with Gasteiger partial charge in [0.15, 0.2) is 6.61 Å². The average Bonchev–Trinajstić information content (AvgIpc) is 2.80. The molecule has 2 amide bonds. The molecule has 0 fully saturated rings. The van der Waals surface area contributed by atoms with Crippen molar-refractivity contribution in [1.29, 1.82) is 0 Å². The van der Waals surface area contributed by atoms with Crippen molar-refractivity contribution < 1.29 is 18.7 Å². The number of aryl methyl sites for hydroxylation is 2. The third-order valence-corrected chi connectivity index (χ3v) is 5.37. The van der Waals surface area contributed by atoms with Gasteiger partial charge in [0, 0.05) is 25.6 Å². The Bertz CT molecular complexity index is 1080. The van der Waals surface area contributed by atoms with E-state index < -0.39 is 17.8 Å². The summed E-state index contributed by atoms with van der Waals surface area (Å²) in [5, 5.41) is 2.64. The van der Waals surface area contributed by atoms with Gasteiger partial charge in [-0.05, 0) is 48.7 Å². The molecule has 0 saturated carbocycles. The van der Waals surface area contributed by atoms with Crippen LogP contribution in [0.1, 0.15) is 22.3 Å². The highest BCUT2D eigenvalue weighted by Gasteiger charge is 2.30. The SMILES string of the molecule is CNC(=O)[C@H](Cc1ccccc1)N(Cc1ccccc1F)C(=O)COc1cc(C)cc(C)c1. The van der Waals surface area contributed by atoms with Crippen molar-refractivity contribution in [3.8, 4) is 5.75 Å². The summed E-state index contributed by atoms with van der Waals surface area (Å²) in [6.45, 7) is 3.59. The molecule has 5 nitrogen and oxygen atoms in total. The average molecular weight is 449 g/mol. The molecule has 33 heavy (non-hydrogen) atoms. The van der Waals surface area contributed by atoms with E-state index >= 15 is 0 Å². The standard InChI is InChI=1S/C27H29FN2O3/c1-19-13-20(2)15-23(14-19)33-18-26(31)30(17-22-11-7-8-12-24(22)28)25(27(32)29-3)16-21-9-5-4-6-10-21/h4-15,25H,16-18H2,1-3H3,(H,29,32)/t25-/m0/s1. The Morgan fingerprint density at radius 3 is 2.24 bits per heavy atom. The Morgan fingerprint density at radius 1 is 0.970 bits per heavy atom. The molecule has 0 radical (unpaired) electrons. The number of ether oxygens (including phenoxy) is 1. The number of nitrogens with zero attached hydrogens (tertiary/aromatic N) is 1. The molecular formula is C27H29FN2O3. The number of hydrogen-bond donors (Lipinski definition) is 1. The molecule has 3 aromatic carbocycles. The monoisotopic (exact) mass is 448 g/mol. The van der Waals surface area contributed by atoms with Crippen LogP contribution >= 0.6 is 0 Å². The quantitative estimate of drug-likeness (QED) is 0.534. The first-order chi connectivity index (χ1) is 15.9. The Kier molecular flexibility index (Phi) is 8.19. The number of carbonyl (C=O) groups is 2. The van der Waals surface area contributed by atoms with Crippen LogP contribution in [0.4, 0.5) is 4.39 Å². The normalized spacial score (nSPS) is 11.5. The van der Waals surface area contributed by atoms with E-state index in [1.54, 1.807) is 18.2 Å². The van der Waals surface area contributed by atoms with Gasteiger partial charge < -0.3 is 15.0 Å². The van der Waals surface area contributed by atoms with Gasteiger partial charge in [-0.2, -0.15) is 0 Å². The fraction of sp³-hybridized carbons (Fsp3) is 0.259. The zero-order valence-corrected chi connectivity index (χ0v) is 19.2. The van der Waals surface area contributed by atoms with Crippen LogP contribution in [0.2, 0.25) is 0 Å². The van der Waals surface area contributed by atoms with E-state index in [9.17, 15) is 14.0 Å². The van der Waals surface area contributed by atoms with Crippen LogP contribution in [0.25, 0.3) is 0 Å². The molecule has 1 N–H and O–H groups in total. The molecule has 3 aromatic rings. The summed E-state index contributed by atoms with van der Waals surface area (Å²) in [5.74, 6) is -0.580. The first-order valence-corrected chi connectivity index (χ1v) is 10.9. The van der Waals surface area contributed by atoms with Crippen LogP contribution in [0.3, 0.4) is 0 Å². The second-order valence-corrected chi connectivity index (χ2v) is 8.04. The second-order valence-electron chi connectivity index (χ2n) is 8.04. The summed E-state index contributed by atoms with van der Waals surface area (Å²) in [5.41, 5.74) is 3.27. The van der Waals surface area contributed by atoms with Gasteiger partial charge in [0.1, 0.15) is 17.6 Å². The third kappa shape index (κ3) is 6.65. The highest BCUT2D eigenvalue weighted by molar-refractivity contribution is 5.88. The van der Waals surface area contributed by atoms with Crippen LogP contribution in [0.15, 0.2) is 72.8 Å². The minimum Gasteiger partial charge on any atom is -0.484 e. The van der Waals surface area contributed by atoms with Crippen molar-refractivity contribution in [3.05, 3.63) is 101 Å². The van der Waals surface area contributed by atoms with Gasteiger partial charge in [0.05, 0.1) is 0 Å². The van der Waals surface area contributed by atoms with Crippen molar-refractivity contribution >= 4 is 11.8 Å². The summed E-state index contributed by atoms with van der Waals surface area (Å²) in [7, 11) is 1.53. The van der Waals surface area contributed by atoms with Gasteiger partial charge >= 0.3 is 0 Å². The maximum absolute atomic E-state index is 14.5. The van der Waals surface area contributed by atoms with E-state index in [0.717, 1.165) is 16.7 Å². The number of hydrogen-bond acceptors (Lipinski definition) is 3. The zero-order valence-electron chi connectivity index (χ0n) is 19.2. The lowest BCUT2D eigenvalue weighted by atomic mass is 10.0. The zero-order chi connectivity index (χ0) is 23.8. The van der Waals surface area contributed by atoms with E-state index in [1.807, 2.05) is 62.4 Å². The van der Waals surface area contributed by atoms with E-state index in [1.165, 1.54) is 18.0 Å². The van der Waals surface area contributed by atoms with Crippen molar-refractivity contribution in [2.75, 3.05) is 13.7 Å². The number of rotatable bonds is 9. The van der Waals surface area contributed by atoms with Crippen LogP contribution in [0.5, 0.6) is 5.75 Å². The molecule has 0 unspecified atom stereocenters. The van der Waals surface area contributed by atoms with Crippen molar-refractivity contribution in [3.63, 3.8) is 0 Å². The first kappa shape index (κ1) is 24.0. The molecule has 0 aliphatic rings. The highest BCUT2D eigenvalue weighted by Crippen LogP contribution is 2.19. The van der Waals surface area contributed by atoms with Gasteiger partial charge in [-0.1, -0.05) is 54.6 Å². The fourth-order valence-electron chi connectivity index (χ4n) is 3.77. The lowest BCUT2D eigenvalue weighted by molar-refractivity contribution is -0.142. The molecule has 0 aliphatic heterocycles. The Morgan fingerprint density at radius 2 is 1.61 bits per heavy atom. The van der Waals surface area contributed by atoms with Crippen LogP contribution in [0, 0.1) is 19.7 Å². The van der Waals surface area contributed by atoms with E-state index in [-0.39, 0.29) is 19.1 Å². The maximum atomic E-state index is 14.5. The van der Waals surface area contributed by atoms with Gasteiger partial charge in [-0.3, -0.25) is 9.59 Å². The summed E-state index contributed by atoms with van der Waals surface area (Å²) in [6, 6.07) is 20.6. The molecule has 0 heterocycles. The Balaban J connectivity index is 1.89. The molecule has 0 spiro atoms. The van der Waals surface area contributed by atoms with E-state index in [4.69, 9.17) is 4.74 Å². The molecule has 6 heteroatoms. The van der Waals surface area contributed by atoms with Crippen molar-refractivity contribution in [1.82, 2.24) is 10.2 Å². The van der Waals surface area contributed by atoms with E-state index in [0.29, 0.717) is 17.7 Å². The summed E-state index contributed by atoms with van der Waals surface area (Å²) in [4.78, 5) is 27.6. The minimum absolute atomic E-state index is 0.0490. The highest BCUT2D eigenvalue weighted by atomic mass is 19.1. The lowest BCUT2D eigenvalue weighted by Gasteiger charge is -2.31. The lowest BCUT2D eigenvalue weighted by Crippen LogP contribution is -2.51. The molecule has 0 saturated heterocycles. The molecule has 3 rings (SSSR count). The largest absolute Gasteiger partial charge is 0.484 e. The molecule has 172 valence electrons. The van der Waals surface area contributed by atoms with Crippen LogP contribution in [-0.4, -0.2) is 36.4 Å². The van der Waals surface area contributed by atoms with Gasteiger partial charge in [-0.25, -0.2) is 4.39 Å². The molecule has 1 atom stereocenters. The topological polar surface area (TPSA) is 58.6 Å². The molecule has 0 aromatic heterocycles. The molecular weight excluding hydrogens is 419 g/mol. The van der Waals surface area contributed by atoms with Crippen molar-refractivity contribution in [2.24, 2.45) is 0 Å². The number of nitrogens with one attached hydrogen (secondary N) is 1. The minimum atomic E-state index is -0.827. The Hall–Kier alpha value is -3.67. The van der Waals surface area contributed by atoms with Crippen LogP contribution < -0.4 is 10.1 Å². The molecule has 0 aliphatic carbocycles. The first-order valence-electron chi connectivity index (χ1n) is 10.9. The predicted octanol–water partition coefficient (Wildman–Crippen LogP) is 4.21. The summed E-state index contributed by atoms with van der Waals surface area (Å²) in [6.07, 6.45) is 0.296. The third-order valence-electron chi connectivity index (χ3n) is 5.37. The summed E-state index contributed by atoms with van der Waals surface area (Å²) >= 11 is 0. The van der Waals surface area contributed by atoms with Gasteiger partial charge in [-0.15, -0.1) is 0 Å². The fourth-order valence-corrected chi connectivity index (χ4v) is 3.77. The van der Waals surface area contributed by atoms with E-state index in [2.05, 4.69) is 5.32 Å². The van der Waals surface area contributed by atoms with Gasteiger partial charge in [0.25, 0.3) is 5.91 Å². The number of amides is 2. The molecule has 0 bridgehead atoms. The predicted molar refractivity (Wildman–Crippen MR) is 126 cm³/mol. The van der Waals surface area contributed by atoms with Crippen molar-refractivity contribution in [2.45, 2.75) is 32.9 Å². The van der Waals surface area contributed by atoms with Gasteiger partial charge in [0.2, 0.25) is 5.91 Å². The Labute approximate surface area is 194 Å². The van der Waals surface area contributed by atoms with Crippen LogP contribution in [-0.2, 0) is 22.6 Å². The summed E-state index contributed by atoms with van der Waals surface area (Å²) < 4.78 is 20.2. The second kappa shape index (κ2) is 11.3.